The Labute approximate surface area is 82.9 Å². The summed E-state index contributed by atoms with van der Waals surface area (Å²) in [6.07, 6.45) is 1.74. The Kier molecular flexibility index (Phi) is 2.04. The maximum atomic E-state index is 8.91. The molecule has 0 saturated carbocycles. The summed E-state index contributed by atoms with van der Waals surface area (Å²) < 4.78 is 0. The molecule has 66 valence electrons. The summed E-state index contributed by atoms with van der Waals surface area (Å²) in [4.78, 5) is 0. The van der Waals surface area contributed by atoms with E-state index in [1.807, 2.05) is 36.4 Å². The third-order valence-electron chi connectivity index (χ3n) is 2.30. The number of benzene rings is 2. The van der Waals surface area contributed by atoms with Crippen LogP contribution in [0, 0.1) is 11.3 Å². The lowest BCUT2D eigenvalue weighted by Crippen LogP contribution is -1.84. The van der Waals surface area contributed by atoms with E-state index in [-0.39, 0.29) is 0 Å². The van der Waals surface area contributed by atoms with Crippen LogP contribution in [0.5, 0.6) is 0 Å². The minimum absolute atomic E-state index is 0.679. The molecule has 0 fully saturated rings. The zero-order valence-electron chi connectivity index (χ0n) is 7.70. The van der Waals surface area contributed by atoms with Gasteiger partial charge in [-0.3, -0.25) is 0 Å². The van der Waals surface area contributed by atoms with Crippen LogP contribution in [-0.2, 0) is 0 Å². The van der Waals surface area contributed by atoms with Gasteiger partial charge in [0.05, 0.1) is 11.6 Å². The van der Waals surface area contributed by atoms with E-state index in [0.717, 1.165) is 16.3 Å². The highest BCUT2D eigenvalue weighted by atomic mass is 14.2. The Balaban J connectivity index is 2.92. The van der Waals surface area contributed by atoms with Crippen LogP contribution in [0.3, 0.4) is 0 Å². The van der Waals surface area contributed by atoms with Crippen molar-refractivity contribution in [3.8, 4) is 6.07 Å². The van der Waals surface area contributed by atoms with Crippen molar-refractivity contribution < 1.29 is 0 Å². The molecule has 14 heavy (non-hydrogen) atoms. The SMILES string of the molecule is C=Cc1c(C#N)ccc2ccccc12. The standard InChI is InChI=1S/C13H9N/c1-2-12-11(9-14)8-7-10-5-3-4-6-13(10)12/h2-8H,1H2. The lowest BCUT2D eigenvalue weighted by molar-refractivity contribution is 1.49. The van der Waals surface area contributed by atoms with Gasteiger partial charge in [-0.2, -0.15) is 5.26 Å². The first-order chi connectivity index (χ1) is 6.86. The smallest absolute Gasteiger partial charge is 0.0998 e. The lowest BCUT2D eigenvalue weighted by Gasteiger charge is -2.03. The van der Waals surface area contributed by atoms with Gasteiger partial charge in [-0.1, -0.05) is 43.0 Å². The van der Waals surface area contributed by atoms with Crippen molar-refractivity contribution in [1.82, 2.24) is 0 Å². The quantitative estimate of drug-likeness (QED) is 0.658. The lowest BCUT2D eigenvalue weighted by atomic mass is 10.00. The molecule has 0 aliphatic carbocycles. The average molecular weight is 179 g/mol. The zero-order chi connectivity index (χ0) is 9.97. The van der Waals surface area contributed by atoms with Crippen molar-refractivity contribution in [3.63, 3.8) is 0 Å². The number of hydrogen-bond donors (Lipinski definition) is 0. The molecule has 0 aromatic heterocycles. The van der Waals surface area contributed by atoms with Gasteiger partial charge < -0.3 is 0 Å². The Morgan fingerprint density at radius 2 is 1.93 bits per heavy atom. The predicted octanol–water partition coefficient (Wildman–Crippen LogP) is 3.35. The van der Waals surface area contributed by atoms with E-state index < -0.39 is 0 Å². The molecule has 0 heterocycles. The predicted molar refractivity (Wildman–Crippen MR) is 58.8 cm³/mol. The number of rotatable bonds is 1. The topological polar surface area (TPSA) is 23.8 Å². The van der Waals surface area contributed by atoms with Gasteiger partial charge in [0.15, 0.2) is 0 Å². The maximum Gasteiger partial charge on any atom is 0.0998 e. The minimum atomic E-state index is 0.679. The van der Waals surface area contributed by atoms with Gasteiger partial charge in [-0.25, -0.2) is 0 Å². The van der Waals surface area contributed by atoms with Crippen LogP contribution < -0.4 is 0 Å². The second kappa shape index (κ2) is 3.35. The van der Waals surface area contributed by atoms with E-state index in [1.54, 1.807) is 6.08 Å². The Bertz CT molecular complexity index is 532. The van der Waals surface area contributed by atoms with E-state index >= 15 is 0 Å². The van der Waals surface area contributed by atoms with E-state index in [0.29, 0.717) is 5.56 Å². The van der Waals surface area contributed by atoms with E-state index in [2.05, 4.69) is 12.6 Å². The van der Waals surface area contributed by atoms with Gasteiger partial charge in [0.2, 0.25) is 0 Å². The molecule has 0 aliphatic rings. The monoisotopic (exact) mass is 179 g/mol. The summed E-state index contributed by atoms with van der Waals surface area (Å²) in [5.74, 6) is 0. The summed E-state index contributed by atoms with van der Waals surface area (Å²) in [6, 6.07) is 14.0. The number of hydrogen-bond acceptors (Lipinski definition) is 1. The van der Waals surface area contributed by atoms with Crippen molar-refractivity contribution in [2.24, 2.45) is 0 Å². The molecule has 0 spiro atoms. The summed E-state index contributed by atoms with van der Waals surface area (Å²) in [5.41, 5.74) is 1.60. The fourth-order valence-corrected chi connectivity index (χ4v) is 1.61. The van der Waals surface area contributed by atoms with Crippen molar-refractivity contribution in [2.75, 3.05) is 0 Å². The molecule has 0 atom stereocenters. The molecule has 0 unspecified atom stereocenters. The van der Waals surface area contributed by atoms with Crippen LogP contribution in [0.15, 0.2) is 43.0 Å². The normalized spacial score (nSPS) is 9.64. The summed E-state index contributed by atoms with van der Waals surface area (Å²) >= 11 is 0. The van der Waals surface area contributed by atoms with Gasteiger partial charge in [0.25, 0.3) is 0 Å². The molecular weight excluding hydrogens is 170 g/mol. The van der Waals surface area contributed by atoms with E-state index in [1.165, 1.54) is 0 Å². The third-order valence-corrected chi connectivity index (χ3v) is 2.30. The number of fused-ring (bicyclic) bond motifs is 1. The summed E-state index contributed by atoms with van der Waals surface area (Å²) in [7, 11) is 0. The van der Waals surface area contributed by atoms with E-state index in [4.69, 9.17) is 5.26 Å². The molecule has 2 aromatic rings. The first-order valence-electron chi connectivity index (χ1n) is 4.41. The van der Waals surface area contributed by atoms with Gasteiger partial charge in [-0.05, 0) is 22.4 Å². The van der Waals surface area contributed by atoms with Crippen LogP contribution in [0.2, 0.25) is 0 Å². The second-order valence-corrected chi connectivity index (χ2v) is 3.06. The molecule has 0 N–H and O–H groups in total. The van der Waals surface area contributed by atoms with Gasteiger partial charge in [-0.15, -0.1) is 0 Å². The van der Waals surface area contributed by atoms with Crippen molar-refractivity contribution >= 4 is 16.8 Å². The molecule has 0 saturated heterocycles. The first kappa shape index (κ1) is 8.52. The summed E-state index contributed by atoms with van der Waals surface area (Å²) in [6.45, 7) is 3.74. The number of nitrogens with zero attached hydrogens (tertiary/aromatic N) is 1. The fourth-order valence-electron chi connectivity index (χ4n) is 1.61. The van der Waals surface area contributed by atoms with Crippen LogP contribution in [-0.4, -0.2) is 0 Å². The Morgan fingerprint density at radius 3 is 2.64 bits per heavy atom. The second-order valence-electron chi connectivity index (χ2n) is 3.06. The third kappa shape index (κ3) is 1.18. The molecule has 1 heteroatoms. The molecule has 0 amide bonds. The molecule has 0 aliphatic heterocycles. The molecular formula is C13H9N. The Morgan fingerprint density at radius 1 is 1.14 bits per heavy atom. The van der Waals surface area contributed by atoms with E-state index in [9.17, 15) is 0 Å². The highest BCUT2D eigenvalue weighted by Crippen LogP contribution is 2.22. The maximum absolute atomic E-state index is 8.91. The average Bonchev–Trinajstić information content (AvgIpc) is 2.27. The van der Waals surface area contributed by atoms with Crippen LogP contribution in [0.1, 0.15) is 11.1 Å². The summed E-state index contributed by atoms with van der Waals surface area (Å²) in [5, 5.41) is 11.1. The largest absolute Gasteiger partial charge is 0.192 e. The highest BCUT2D eigenvalue weighted by molar-refractivity contribution is 5.92. The molecule has 0 radical (unpaired) electrons. The first-order valence-corrected chi connectivity index (χ1v) is 4.41. The van der Waals surface area contributed by atoms with Crippen molar-refractivity contribution in [3.05, 3.63) is 54.1 Å². The molecule has 2 rings (SSSR count). The van der Waals surface area contributed by atoms with Crippen LogP contribution in [0.4, 0.5) is 0 Å². The Hall–Kier alpha value is -2.07. The highest BCUT2D eigenvalue weighted by Gasteiger charge is 2.02. The van der Waals surface area contributed by atoms with Crippen LogP contribution in [0.25, 0.3) is 16.8 Å². The minimum Gasteiger partial charge on any atom is -0.192 e. The van der Waals surface area contributed by atoms with Gasteiger partial charge in [0, 0.05) is 0 Å². The van der Waals surface area contributed by atoms with Gasteiger partial charge >= 0.3 is 0 Å². The van der Waals surface area contributed by atoms with Gasteiger partial charge in [0.1, 0.15) is 0 Å². The molecule has 0 bridgehead atoms. The van der Waals surface area contributed by atoms with Crippen molar-refractivity contribution in [2.45, 2.75) is 0 Å². The molecule has 2 aromatic carbocycles. The molecule has 1 nitrogen and oxygen atoms in total. The van der Waals surface area contributed by atoms with Crippen molar-refractivity contribution in [1.29, 1.82) is 5.26 Å². The van der Waals surface area contributed by atoms with Crippen LogP contribution >= 0.6 is 0 Å². The number of nitriles is 1. The fraction of sp³-hybridized carbons (Fsp3) is 0. The zero-order valence-corrected chi connectivity index (χ0v) is 7.70.